The summed E-state index contributed by atoms with van der Waals surface area (Å²) in [6, 6.07) is 15.3. The van der Waals surface area contributed by atoms with E-state index in [2.05, 4.69) is 17.2 Å². The standard InChI is InChI=1S/C23H24N2O3S/c1-3-4-15-28-20-11-7-5-9-17(20)13-14-22(26)25-23-24-19(16-29-23)18-10-6-8-12-21(18)27-2/h5-14,16H,3-4,15H2,1-2H3,(H,24,25,26)/b14-13+. The normalized spacial score (nSPS) is 10.8. The smallest absolute Gasteiger partial charge is 0.250 e. The Morgan fingerprint density at radius 3 is 2.69 bits per heavy atom. The Kier molecular flexibility index (Phi) is 7.41. The Bertz CT molecular complexity index is 982. The van der Waals surface area contributed by atoms with E-state index in [0.29, 0.717) is 11.7 Å². The van der Waals surface area contributed by atoms with Crippen LogP contribution in [0, 0.1) is 0 Å². The number of rotatable bonds is 9. The molecule has 1 N–H and O–H groups in total. The molecule has 0 saturated carbocycles. The highest BCUT2D eigenvalue weighted by Crippen LogP contribution is 2.31. The number of unbranched alkanes of at least 4 members (excludes halogenated alkanes) is 1. The van der Waals surface area contributed by atoms with Gasteiger partial charge in [-0.15, -0.1) is 11.3 Å². The minimum Gasteiger partial charge on any atom is -0.496 e. The summed E-state index contributed by atoms with van der Waals surface area (Å²) in [6.45, 7) is 2.79. The molecule has 0 aliphatic heterocycles. The number of carbonyl (C=O) groups excluding carboxylic acids is 1. The number of para-hydroxylation sites is 2. The van der Waals surface area contributed by atoms with E-state index in [1.54, 1.807) is 13.2 Å². The summed E-state index contributed by atoms with van der Waals surface area (Å²) in [7, 11) is 1.63. The van der Waals surface area contributed by atoms with E-state index in [1.807, 2.05) is 53.9 Å². The average Bonchev–Trinajstić information content (AvgIpc) is 3.21. The van der Waals surface area contributed by atoms with Gasteiger partial charge in [0.15, 0.2) is 5.13 Å². The summed E-state index contributed by atoms with van der Waals surface area (Å²) in [4.78, 5) is 16.8. The van der Waals surface area contributed by atoms with Gasteiger partial charge in [0.05, 0.1) is 19.4 Å². The molecule has 0 aliphatic rings. The first-order chi connectivity index (χ1) is 14.2. The second-order valence-electron chi connectivity index (χ2n) is 6.30. The molecule has 5 nitrogen and oxygen atoms in total. The molecule has 0 unspecified atom stereocenters. The third-order valence-electron chi connectivity index (χ3n) is 4.21. The van der Waals surface area contributed by atoms with Gasteiger partial charge in [0.1, 0.15) is 11.5 Å². The first-order valence-electron chi connectivity index (χ1n) is 9.51. The van der Waals surface area contributed by atoms with Crippen molar-refractivity contribution in [2.75, 3.05) is 19.0 Å². The molecule has 29 heavy (non-hydrogen) atoms. The van der Waals surface area contributed by atoms with E-state index in [1.165, 1.54) is 17.4 Å². The molecule has 150 valence electrons. The molecule has 0 saturated heterocycles. The van der Waals surface area contributed by atoms with Crippen LogP contribution < -0.4 is 14.8 Å². The van der Waals surface area contributed by atoms with Gasteiger partial charge in [0, 0.05) is 22.6 Å². The van der Waals surface area contributed by atoms with Gasteiger partial charge in [-0.3, -0.25) is 10.1 Å². The maximum atomic E-state index is 12.3. The van der Waals surface area contributed by atoms with Crippen LogP contribution in [0.25, 0.3) is 17.3 Å². The molecule has 0 radical (unpaired) electrons. The first-order valence-corrected chi connectivity index (χ1v) is 10.4. The van der Waals surface area contributed by atoms with Gasteiger partial charge in [0.25, 0.3) is 0 Å². The Labute approximate surface area is 175 Å². The number of amides is 1. The lowest BCUT2D eigenvalue weighted by Gasteiger charge is -2.08. The van der Waals surface area contributed by atoms with Crippen LogP contribution in [0.5, 0.6) is 11.5 Å². The average molecular weight is 409 g/mol. The number of benzene rings is 2. The van der Waals surface area contributed by atoms with Crippen molar-refractivity contribution in [1.29, 1.82) is 0 Å². The van der Waals surface area contributed by atoms with Crippen LogP contribution in [-0.4, -0.2) is 24.6 Å². The van der Waals surface area contributed by atoms with Gasteiger partial charge >= 0.3 is 0 Å². The van der Waals surface area contributed by atoms with Crippen molar-refractivity contribution in [1.82, 2.24) is 4.98 Å². The van der Waals surface area contributed by atoms with Gasteiger partial charge in [-0.05, 0) is 30.7 Å². The number of ether oxygens (including phenoxy) is 2. The van der Waals surface area contributed by atoms with E-state index in [4.69, 9.17) is 9.47 Å². The van der Waals surface area contributed by atoms with Crippen LogP contribution in [0.3, 0.4) is 0 Å². The number of hydrogen-bond donors (Lipinski definition) is 1. The SMILES string of the molecule is CCCCOc1ccccc1/C=C/C(=O)Nc1nc(-c2ccccc2OC)cs1. The fraction of sp³-hybridized carbons (Fsp3) is 0.217. The van der Waals surface area contributed by atoms with Crippen LogP contribution in [-0.2, 0) is 4.79 Å². The zero-order chi connectivity index (χ0) is 20.5. The molecule has 0 atom stereocenters. The number of hydrogen-bond acceptors (Lipinski definition) is 5. The number of nitrogens with zero attached hydrogens (tertiary/aromatic N) is 1. The molecule has 3 rings (SSSR count). The minimum atomic E-state index is -0.241. The molecule has 0 bridgehead atoms. The lowest BCUT2D eigenvalue weighted by Crippen LogP contribution is -2.07. The third kappa shape index (κ3) is 5.68. The summed E-state index contributed by atoms with van der Waals surface area (Å²) in [5, 5.41) is 5.24. The Morgan fingerprint density at radius 2 is 1.90 bits per heavy atom. The van der Waals surface area contributed by atoms with Crippen LogP contribution in [0.2, 0.25) is 0 Å². The van der Waals surface area contributed by atoms with Crippen molar-refractivity contribution in [3.05, 3.63) is 65.6 Å². The fourth-order valence-electron chi connectivity index (χ4n) is 2.70. The van der Waals surface area contributed by atoms with Gasteiger partial charge in [-0.2, -0.15) is 0 Å². The van der Waals surface area contributed by atoms with Crippen molar-refractivity contribution in [3.63, 3.8) is 0 Å². The Morgan fingerprint density at radius 1 is 1.14 bits per heavy atom. The predicted octanol–water partition coefficient (Wildman–Crippen LogP) is 5.65. The van der Waals surface area contributed by atoms with Crippen molar-refractivity contribution >= 4 is 28.5 Å². The monoisotopic (exact) mass is 408 g/mol. The summed E-state index contributed by atoms with van der Waals surface area (Å²) < 4.78 is 11.2. The second-order valence-corrected chi connectivity index (χ2v) is 7.16. The molecule has 6 heteroatoms. The zero-order valence-corrected chi connectivity index (χ0v) is 17.4. The highest BCUT2D eigenvalue weighted by Gasteiger charge is 2.10. The molecule has 0 fully saturated rings. The molecular weight excluding hydrogens is 384 g/mol. The van der Waals surface area contributed by atoms with E-state index in [9.17, 15) is 4.79 Å². The topological polar surface area (TPSA) is 60.5 Å². The zero-order valence-electron chi connectivity index (χ0n) is 16.6. The highest BCUT2D eigenvalue weighted by molar-refractivity contribution is 7.14. The maximum absolute atomic E-state index is 12.3. The molecule has 1 aromatic heterocycles. The predicted molar refractivity (Wildman–Crippen MR) is 119 cm³/mol. The van der Waals surface area contributed by atoms with Crippen molar-refractivity contribution < 1.29 is 14.3 Å². The lowest BCUT2D eigenvalue weighted by molar-refractivity contribution is -0.111. The minimum absolute atomic E-state index is 0.241. The van der Waals surface area contributed by atoms with Crippen LogP contribution in [0.15, 0.2) is 60.0 Å². The van der Waals surface area contributed by atoms with Crippen LogP contribution >= 0.6 is 11.3 Å². The van der Waals surface area contributed by atoms with E-state index >= 15 is 0 Å². The van der Waals surface area contributed by atoms with Crippen LogP contribution in [0.1, 0.15) is 25.3 Å². The Balaban J connectivity index is 1.65. The summed E-state index contributed by atoms with van der Waals surface area (Å²) in [6.07, 6.45) is 5.32. The summed E-state index contributed by atoms with van der Waals surface area (Å²) in [5.74, 6) is 1.28. The number of nitrogens with one attached hydrogen (secondary N) is 1. The largest absolute Gasteiger partial charge is 0.496 e. The van der Waals surface area contributed by atoms with E-state index < -0.39 is 0 Å². The highest BCUT2D eigenvalue weighted by atomic mass is 32.1. The molecule has 0 aliphatic carbocycles. The quantitative estimate of drug-likeness (QED) is 0.367. The summed E-state index contributed by atoms with van der Waals surface area (Å²) >= 11 is 1.37. The van der Waals surface area contributed by atoms with Gasteiger partial charge < -0.3 is 9.47 Å². The van der Waals surface area contributed by atoms with Crippen molar-refractivity contribution in [2.45, 2.75) is 19.8 Å². The number of methoxy groups -OCH3 is 1. The van der Waals surface area contributed by atoms with Gasteiger partial charge in [-0.25, -0.2) is 4.98 Å². The number of carbonyl (C=O) groups is 1. The molecule has 2 aromatic carbocycles. The van der Waals surface area contributed by atoms with Crippen molar-refractivity contribution in [3.8, 4) is 22.8 Å². The number of thiazole rings is 1. The number of aromatic nitrogens is 1. The number of anilines is 1. The van der Waals surface area contributed by atoms with Crippen LogP contribution in [0.4, 0.5) is 5.13 Å². The van der Waals surface area contributed by atoms with E-state index in [-0.39, 0.29) is 5.91 Å². The molecule has 0 spiro atoms. The third-order valence-corrected chi connectivity index (χ3v) is 4.96. The molecule has 3 aromatic rings. The molecule has 1 heterocycles. The first kappa shape index (κ1) is 20.6. The van der Waals surface area contributed by atoms with Gasteiger partial charge in [-0.1, -0.05) is 43.7 Å². The second kappa shape index (κ2) is 10.4. The fourth-order valence-corrected chi connectivity index (χ4v) is 3.41. The molecule has 1 amide bonds. The van der Waals surface area contributed by atoms with E-state index in [0.717, 1.165) is 41.2 Å². The van der Waals surface area contributed by atoms with Gasteiger partial charge in [0.2, 0.25) is 5.91 Å². The lowest BCUT2D eigenvalue weighted by atomic mass is 10.1. The molecular formula is C23H24N2O3S. The Hall–Kier alpha value is -3.12. The van der Waals surface area contributed by atoms with Crippen molar-refractivity contribution in [2.24, 2.45) is 0 Å². The summed E-state index contributed by atoms with van der Waals surface area (Å²) in [5.41, 5.74) is 2.52. The maximum Gasteiger partial charge on any atom is 0.250 e.